The zero-order chi connectivity index (χ0) is 18.4. The van der Waals surface area contributed by atoms with Crippen molar-refractivity contribution in [3.63, 3.8) is 0 Å². The molecule has 3 nitrogen and oxygen atoms in total. The maximum atomic E-state index is 13.7. The van der Waals surface area contributed by atoms with Crippen LogP contribution < -0.4 is 10.2 Å². The Morgan fingerprint density at radius 3 is 2.23 bits per heavy atom. The molecule has 0 heterocycles. The van der Waals surface area contributed by atoms with Gasteiger partial charge in [-0.25, -0.2) is 4.39 Å². The van der Waals surface area contributed by atoms with E-state index in [1.807, 2.05) is 42.5 Å². The van der Waals surface area contributed by atoms with Gasteiger partial charge in [-0.2, -0.15) is 0 Å². The highest BCUT2D eigenvalue weighted by Crippen LogP contribution is 2.21. The van der Waals surface area contributed by atoms with Gasteiger partial charge in [0.25, 0.3) is 5.91 Å². The summed E-state index contributed by atoms with van der Waals surface area (Å²) in [6.45, 7) is 3.80. The molecule has 3 rings (SSSR count). The molecule has 1 N–H and O–H groups in total. The lowest BCUT2D eigenvalue weighted by molar-refractivity contribution is 0.102. The standard InChI is InChI=1S/C22H21FN2O/c1-2-25(16-17-8-4-3-5-9-17)19-14-12-18(13-15-19)24-22(26)20-10-6-7-11-21(20)23/h3-15H,2,16H2,1H3,(H,24,26). The van der Waals surface area contributed by atoms with Crippen molar-refractivity contribution < 1.29 is 9.18 Å². The van der Waals surface area contributed by atoms with Crippen molar-refractivity contribution in [2.75, 3.05) is 16.8 Å². The number of halogens is 1. The fraction of sp³-hybridized carbons (Fsp3) is 0.136. The molecule has 0 aliphatic carbocycles. The van der Waals surface area contributed by atoms with Gasteiger partial charge in [-0.15, -0.1) is 0 Å². The molecule has 0 spiro atoms. The lowest BCUT2D eigenvalue weighted by Crippen LogP contribution is -2.22. The summed E-state index contributed by atoms with van der Waals surface area (Å²) in [4.78, 5) is 14.4. The van der Waals surface area contributed by atoms with Crippen LogP contribution in [0.3, 0.4) is 0 Å². The van der Waals surface area contributed by atoms with Crippen LogP contribution in [0.1, 0.15) is 22.8 Å². The van der Waals surface area contributed by atoms with E-state index in [1.165, 1.54) is 17.7 Å². The molecular formula is C22H21FN2O. The van der Waals surface area contributed by atoms with Gasteiger partial charge in [0.2, 0.25) is 0 Å². The molecule has 0 fully saturated rings. The number of hydrogen-bond donors (Lipinski definition) is 1. The van der Waals surface area contributed by atoms with Crippen molar-refractivity contribution in [1.29, 1.82) is 0 Å². The first-order valence-corrected chi connectivity index (χ1v) is 8.62. The average molecular weight is 348 g/mol. The first kappa shape index (κ1) is 17.7. The Kier molecular flexibility index (Phi) is 5.64. The predicted molar refractivity (Wildman–Crippen MR) is 104 cm³/mol. The first-order valence-electron chi connectivity index (χ1n) is 8.62. The van der Waals surface area contributed by atoms with Crippen LogP contribution in [0.2, 0.25) is 0 Å². The molecule has 0 saturated carbocycles. The zero-order valence-electron chi connectivity index (χ0n) is 14.7. The Labute approximate surface area is 153 Å². The molecule has 26 heavy (non-hydrogen) atoms. The van der Waals surface area contributed by atoms with Gasteiger partial charge in [0.15, 0.2) is 0 Å². The fourth-order valence-corrected chi connectivity index (χ4v) is 2.79. The quantitative estimate of drug-likeness (QED) is 0.672. The van der Waals surface area contributed by atoms with Gasteiger partial charge in [-0.1, -0.05) is 42.5 Å². The molecule has 1 amide bonds. The molecule has 0 atom stereocenters. The number of anilines is 2. The van der Waals surface area contributed by atoms with Crippen LogP contribution in [0.15, 0.2) is 78.9 Å². The molecule has 3 aromatic rings. The summed E-state index contributed by atoms with van der Waals surface area (Å²) in [6, 6.07) is 23.8. The van der Waals surface area contributed by atoms with Gasteiger partial charge in [-0.05, 0) is 48.9 Å². The van der Waals surface area contributed by atoms with Crippen LogP contribution in [-0.4, -0.2) is 12.5 Å². The monoisotopic (exact) mass is 348 g/mol. The van der Waals surface area contributed by atoms with Crippen LogP contribution in [0.4, 0.5) is 15.8 Å². The Bertz CT molecular complexity index is 863. The molecular weight excluding hydrogens is 327 g/mol. The molecule has 0 aromatic heterocycles. The van der Waals surface area contributed by atoms with Crippen molar-refractivity contribution in [3.05, 3.63) is 95.8 Å². The van der Waals surface area contributed by atoms with E-state index in [1.54, 1.807) is 12.1 Å². The Morgan fingerprint density at radius 2 is 1.58 bits per heavy atom. The van der Waals surface area contributed by atoms with Gasteiger partial charge in [0.1, 0.15) is 5.82 Å². The van der Waals surface area contributed by atoms with Crippen LogP contribution in [-0.2, 0) is 6.54 Å². The van der Waals surface area contributed by atoms with Gasteiger partial charge in [0, 0.05) is 24.5 Å². The third-order valence-corrected chi connectivity index (χ3v) is 4.21. The number of nitrogens with zero attached hydrogens (tertiary/aromatic N) is 1. The van der Waals surface area contributed by atoms with Crippen LogP contribution in [0.25, 0.3) is 0 Å². The molecule has 4 heteroatoms. The zero-order valence-corrected chi connectivity index (χ0v) is 14.7. The van der Waals surface area contributed by atoms with E-state index in [4.69, 9.17) is 0 Å². The number of carbonyl (C=O) groups is 1. The minimum Gasteiger partial charge on any atom is -0.367 e. The van der Waals surface area contributed by atoms with Crippen molar-refractivity contribution in [2.45, 2.75) is 13.5 Å². The van der Waals surface area contributed by atoms with E-state index in [9.17, 15) is 9.18 Å². The van der Waals surface area contributed by atoms with Gasteiger partial charge in [-0.3, -0.25) is 4.79 Å². The number of benzene rings is 3. The first-order chi connectivity index (χ1) is 12.7. The van der Waals surface area contributed by atoms with E-state index in [0.29, 0.717) is 5.69 Å². The molecule has 0 radical (unpaired) electrons. The third-order valence-electron chi connectivity index (χ3n) is 4.21. The minimum atomic E-state index is -0.526. The molecule has 3 aromatic carbocycles. The van der Waals surface area contributed by atoms with Crippen molar-refractivity contribution >= 4 is 17.3 Å². The van der Waals surface area contributed by atoms with Gasteiger partial charge < -0.3 is 10.2 Å². The normalized spacial score (nSPS) is 10.4. The second-order valence-electron chi connectivity index (χ2n) is 5.98. The Balaban J connectivity index is 1.69. The molecule has 0 aliphatic heterocycles. The number of nitrogens with one attached hydrogen (secondary N) is 1. The third kappa shape index (κ3) is 4.28. The van der Waals surface area contributed by atoms with E-state index in [-0.39, 0.29) is 5.56 Å². The Morgan fingerprint density at radius 1 is 0.923 bits per heavy atom. The van der Waals surface area contributed by atoms with Crippen LogP contribution >= 0.6 is 0 Å². The minimum absolute atomic E-state index is 0.0378. The number of carbonyl (C=O) groups excluding carboxylic acids is 1. The lowest BCUT2D eigenvalue weighted by atomic mass is 10.1. The smallest absolute Gasteiger partial charge is 0.258 e. The molecule has 0 bridgehead atoms. The topological polar surface area (TPSA) is 32.3 Å². The highest BCUT2D eigenvalue weighted by atomic mass is 19.1. The largest absolute Gasteiger partial charge is 0.367 e. The second kappa shape index (κ2) is 8.30. The highest BCUT2D eigenvalue weighted by molar-refractivity contribution is 6.04. The summed E-state index contributed by atoms with van der Waals surface area (Å²) < 4.78 is 13.7. The summed E-state index contributed by atoms with van der Waals surface area (Å²) in [7, 11) is 0. The van der Waals surface area contributed by atoms with E-state index < -0.39 is 11.7 Å². The molecule has 0 unspecified atom stereocenters. The number of amides is 1. The average Bonchev–Trinajstić information content (AvgIpc) is 2.68. The second-order valence-corrected chi connectivity index (χ2v) is 5.98. The summed E-state index contributed by atoms with van der Waals surface area (Å²) in [5.74, 6) is -0.978. The summed E-state index contributed by atoms with van der Waals surface area (Å²) >= 11 is 0. The van der Waals surface area contributed by atoms with E-state index in [0.717, 1.165) is 18.8 Å². The number of hydrogen-bond acceptors (Lipinski definition) is 2. The van der Waals surface area contributed by atoms with Crippen molar-refractivity contribution in [1.82, 2.24) is 0 Å². The van der Waals surface area contributed by atoms with Crippen LogP contribution in [0.5, 0.6) is 0 Å². The SMILES string of the molecule is CCN(Cc1ccccc1)c1ccc(NC(=O)c2ccccc2F)cc1. The lowest BCUT2D eigenvalue weighted by Gasteiger charge is -2.23. The fourth-order valence-electron chi connectivity index (χ4n) is 2.79. The summed E-state index contributed by atoms with van der Waals surface area (Å²) in [6.07, 6.45) is 0. The maximum absolute atomic E-state index is 13.7. The Hall–Kier alpha value is -3.14. The van der Waals surface area contributed by atoms with Gasteiger partial charge in [0.05, 0.1) is 5.56 Å². The summed E-state index contributed by atoms with van der Waals surface area (Å²) in [5.41, 5.74) is 2.99. The van der Waals surface area contributed by atoms with Gasteiger partial charge >= 0.3 is 0 Å². The maximum Gasteiger partial charge on any atom is 0.258 e. The van der Waals surface area contributed by atoms with Crippen molar-refractivity contribution in [2.24, 2.45) is 0 Å². The predicted octanol–water partition coefficient (Wildman–Crippen LogP) is 5.10. The summed E-state index contributed by atoms with van der Waals surface area (Å²) in [5, 5.41) is 2.74. The van der Waals surface area contributed by atoms with Crippen LogP contribution in [0, 0.1) is 5.82 Å². The molecule has 0 aliphatic rings. The highest BCUT2D eigenvalue weighted by Gasteiger charge is 2.11. The van der Waals surface area contributed by atoms with E-state index in [2.05, 4.69) is 29.3 Å². The molecule has 132 valence electrons. The van der Waals surface area contributed by atoms with E-state index >= 15 is 0 Å². The molecule has 0 saturated heterocycles. The number of rotatable bonds is 6. The van der Waals surface area contributed by atoms with Crippen molar-refractivity contribution in [3.8, 4) is 0 Å².